The molecule has 5 nitrogen and oxygen atoms in total. The molecule has 1 rings (SSSR count). The molecule has 122 valence electrons. The first-order valence-corrected chi connectivity index (χ1v) is 7.56. The highest BCUT2D eigenvalue weighted by atomic mass is 35.5. The minimum atomic E-state index is -0.599. The van der Waals surface area contributed by atoms with Crippen LogP contribution < -0.4 is 5.32 Å². The third-order valence-corrected chi connectivity index (χ3v) is 3.61. The van der Waals surface area contributed by atoms with E-state index < -0.39 is 5.97 Å². The maximum Gasteiger partial charge on any atom is 0.339 e. The Morgan fingerprint density at radius 1 is 1.32 bits per heavy atom. The van der Waals surface area contributed by atoms with Crippen molar-refractivity contribution < 1.29 is 19.4 Å². The van der Waals surface area contributed by atoms with Crippen LogP contribution in [-0.4, -0.2) is 36.7 Å². The molecule has 1 amide bonds. The fourth-order valence-electron chi connectivity index (χ4n) is 1.95. The summed E-state index contributed by atoms with van der Waals surface area (Å²) in [5.74, 6) is -0.463. The lowest BCUT2D eigenvalue weighted by atomic mass is 10.0. The summed E-state index contributed by atoms with van der Waals surface area (Å²) in [6.45, 7) is 4.03. The van der Waals surface area contributed by atoms with Gasteiger partial charge in [0.25, 0.3) is 5.91 Å². The highest BCUT2D eigenvalue weighted by Crippen LogP contribution is 2.19. The zero-order valence-corrected chi connectivity index (χ0v) is 13.8. The van der Waals surface area contributed by atoms with Crippen molar-refractivity contribution in [1.82, 2.24) is 5.32 Å². The van der Waals surface area contributed by atoms with E-state index in [1.54, 1.807) is 0 Å². The predicted octanol–water partition coefficient (Wildman–Crippen LogP) is 2.65. The molecule has 0 radical (unpaired) electrons. The quantitative estimate of drug-likeness (QED) is 0.755. The first-order valence-electron chi connectivity index (χ1n) is 7.18. The van der Waals surface area contributed by atoms with Gasteiger partial charge in [0.15, 0.2) is 0 Å². The van der Waals surface area contributed by atoms with Crippen molar-refractivity contribution in [3.8, 4) is 0 Å². The summed E-state index contributed by atoms with van der Waals surface area (Å²) in [5, 5.41) is 12.3. The van der Waals surface area contributed by atoms with E-state index in [-0.39, 0.29) is 29.1 Å². The second-order valence-electron chi connectivity index (χ2n) is 5.51. The molecule has 0 spiro atoms. The average Bonchev–Trinajstić information content (AvgIpc) is 2.50. The fraction of sp³-hybridized carbons (Fsp3) is 0.500. The molecule has 0 aromatic heterocycles. The number of ether oxygens (including phenoxy) is 1. The molecule has 1 aromatic rings. The van der Waals surface area contributed by atoms with E-state index in [2.05, 4.69) is 23.9 Å². The van der Waals surface area contributed by atoms with Gasteiger partial charge in [0.1, 0.15) is 0 Å². The van der Waals surface area contributed by atoms with E-state index >= 15 is 0 Å². The number of amides is 1. The highest BCUT2D eigenvalue weighted by Gasteiger charge is 2.17. The van der Waals surface area contributed by atoms with Gasteiger partial charge < -0.3 is 15.2 Å². The van der Waals surface area contributed by atoms with Gasteiger partial charge in [-0.2, -0.15) is 0 Å². The van der Waals surface area contributed by atoms with E-state index in [9.17, 15) is 14.7 Å². The third kappa shape index (κ3) is 5.31. The van der Waals surface area contributed by atoms with Crippen LogP contribution in [0.2, 0.25) is 5.02 Å². The SMILES string of the molecule is COC(=O)c1cc(C(=O)NC(CO)CCC(C)C)ccc1Cl. The van der Waals surface area contributed by atoms with Crippen LogP contribution in [0, 0.1) is 5.92 Å². The lowest BCUT2D eigenvalue weighted by Crippen LogP contribution is -2.37. The Bertz CT molecular complexity index is 531. The minimum absolute atomic E-state index is 0.129. The molecule has 0 saturated heterocycles. The Kier molecular flexibility index (Phi) is 7.35. The molecule has 0 heterocycles. The number of esters is 1. The van der Waals surface area contributed by atoms with Crippen molar-refractivity contribution in [3.05, 3.63) is 34.3 Å². The predicted molar refractivity (Wildman–Crippen MR) is 85.2 cm³/mol. The van der Waals surface area contributed by atoms with Crippen LogP contribution in [-0.2, 0) is 4.74 Å². The van der Waals surface area contributed by atoms with Crippen LogP contribution in [0.5, 0.6) is 0 Å². The van der Waals surface area contributed by atoms with Gasteiger partial charge in [-0.25, -0.2) is 4.79 Å². The molecule has 1 unspecified atom stereocenters. The number of nitrogens with one attached hydrogen (secondary N) is 1. The van der Waals surface area contributed by atoms with E-state index in [4.69, 9.17) is 11.6 Å². The summed E-state index contributed by atoms with van der Waals surface area (Å²) in [4.78, 5) is 23.8. The number of aliphatic hydroxyl groups is 1. The zero-order chi connectivity index (χ0) is 16.7. The Balaban J connectivity index is 2.82. The second kappa shape index (κ2) is 8.76. The normalized spacial score (nSPS) is 12.1. The van der Waals surface area contributed by atoms with E-state index in [0.29, 0.717) is 17.9 Å². The average molecular weight is 328 g/mol. The first kappa shape index (κ1) is 18.5. The summed E-state index contributed by atoms with van der Waals surface area (Å²) in [7, 11) is 1.25. The molecule has 0 aliphatic heterocycles. The molecule has 22 heavy (non-hydrogen) atoms. The van der Waals surface area contributed by atoms with Crippen molar-refractivity contribution in [2.24, 2.45) is 5.92 Å². The Morgan fingerprint density at radius 2 is 2.00 bits per heavy atom. The Hall–Kier alpha value is -1.59. The number of carbonyl (C=O) groups excluding carboxylic acids is 2. The molecule has 6 heteroatoms. The molecule has 0 fully saturated rings. The van der Waals surface area contributed by atoms with Crippen LogP contribution in [0.4, 0.5) is 0 Å². The van der Waals surface area contributed by atoms with Gasteiger partial charge in [0, 0.05) is 5.56 Å². The van der Waals surface area contributed by atoms with Gasteiger partial charge >= 0.3 is 5.97 Å². The van der Waals surface area contributed by atoms with Gasteiger partial charge in [-0.3, -0.25) is 4.79 Å². The molecule has 1 atom stereocenters. The maximum atomic E-state index is 12.2. The zero-order valence-electron chi connectivity index (χ0n) is 13.1. The number of carbonyl (C=O) groups is 2. The molecule has 2 N–H and O–H groups in total. The molecule has 0 bridgehead atoms. The summed E-state index contributed by atoms with van der Waals surface area (Å²) in [6.07, 6.45) is 1.59. The van der Waals surface area contributed by atoms with Gasteiger partial charge in [0.2, 0.25) is 0 Å². The smallest absolute Gasteiger partial charge is 0.339 e. The lowest BCUT2D eigenvalue weighted by molar-refractivity contribution is 0.0601. The van der Waals surface area contributed by atoms with Crippen LogP contribution in [0.3, 0.4) is 0 Å². The van der Waals surface area contributed by atoms with Gasteiger partial charge in [-0.1, -0.05) is 25.4 Å². The Morgan fingerprint density at radius 3 is 2.55 bits per heavy atom. The van der Waals surface area contributed by atoms with Gasteiger partial charge in [0.05, 0.1) is 30.3 Å². The minimum Gasteiger partial charge on any atom is -0.465 e. The van der Waals surface area contributed by atoms with Gasteiger partial charge in [-0.15, -0.1) is 0 Å². The molecule has 0 saturated carbocycles. The van der Waals surface area contributed by atoms with Crippen molar-refractivity contribution in [2.45, 2.75) is 32.7 Å². The number of aliphatic hydroxyl groups excluding tert-OH is 1. The Labute approximate surface area is 135 Å². The topological polar surface area (TPSA) is 75.6 Å². The summed E-state index contributed by atoms with van der Waals surface area (Å²) in [5.41, 5.74) is 0.437. The number of rotatable bonds is 7. The number of hydrogen-bond acceptors (Lipinski definition) is 4. The highest BCUT2D eigenvalue weighted by molar-refractivity contribution is 6.33. The number of hydrogen-bond donors (Lipinski definition) is 2. The van der Waals surface area contributed by atoms with Crippen LogP contribution >= 0.6 is 11.6 Å². The van der Waals surface area contributed by atoms with Crippen molar-refractivity contribution >= 4 is 23.5 Å². The number of methoxy groups -OCH3 is 1. The second-order valence-corrected chi connectivity index (χ2v) is 5.92. The van der Waals surface area contributed by atoms with Crippen LogP contribution in [0.25, 0.3) is 0 Å². The molecule has 0 aliphatic rings. The van der Waals surface area contributed by atoms with E-state index in [0.717, 1.165) is 6.42 Å². The maximum absolute atomic E-state index is 12.2. The molecular formula is C16H22ClNO4. The summed E-state index contributed by atoms with van der Waals surface area (Å²) < 4.78 is 4.62. The first-order chi connectivity index (χ1) is 10.4. The largest absolute Gasteiger partial charge is 0.465 e. The number of halogens is 1. The third-order valence-electron chi connectivity index (χ3n) is 3.28. The summed E-state index contributed by atoms with van der Waals surface area (Å²) >= 11 is 5.92. The van der Waals surface area contributed by atoms with E-state index in [1.807, 2.05) is 0 Å². The number of benzene rings is 1. The van der Waals surface area contributed by atoms with E-state index in [1.165, 1.54) is 25.3 Å². The van der Waals surface area contributed by atoms with Crippen molar-refractivity contribution in [3.63, 3.8) is 0 Å². The molecular weight excluding hydrogens is 306 g/mol. The standard InChI is InChI=1S/C16H22ClNO4/c1-10(2)4-6-12(9-19)18-15(20)11-5-7-14(17)13(8-11)16(21)22-3/h5,7-8,10,12,19H,4,6,9H2,1-3H3,(H,18,20). The lowest BCUT2D eigenvalue weighted by Gasteiger charge is -2.17. The van der Waals surface area contributed by atoms with Gasteiger partial charge in [-0.05, 0) is 37.0 Å². The molecule has 0 aliphatic carbocycles. The van der Waals surface area contributed by atoms with Crippen molar-refractivity contribution in [2.75, 3.05) is 13.7 Å². The summed E-state index contributed by atoms with van der Waals surface area (Å²) in [6, 6.07) is 4.08. The molecule has 1 aromatic carbocycles. The van der Waals surface area contributed by atoms with Crippen LogP contribution in [0.1, 0.15) is 47.4 Å². The van der Waals surface area contributed by atoms with Crippen molar-refractivity contribution in [1.29, 1.82) is 0 Å². The monoisotopic (exact) mass is 327 g/mol. The van der Waals surface area contributed by atoms with Crippen LogP contribution in [0.15, 0.2) is 18.2 Å². The fourth-order valence-corrected chi connectivity index (χ4v) is 2.14.